The molecule has 1 atom stereocenters. The summed E-state index contributed by atoms with van der Waals surface area (Å²) in [6.45, 7) is 6.52. The van der Waals surface area contributed by atoms with Gasteiger partial charge in [0.1, 0.15) is 0 Å². The molecule has 1 aliphatic rings. The lowest BCUT2D eigenvalue weighted by Gasteiger charge is -2.25. The second kappa shape index (κ2) is 3.46. The molecule has 0 bridgehead atoms. The molecule has 0 radical (unpaired) electrons. The van der Waals surface area contributed by atoms with Crippen LogP contribution in [0.2, 0.25) is 0 Å². The quantitative estimate of drug-likeness (QED) is 0.787. The molecular formula is C13H17NO. The van der Waals surface area contributed by atoms with Crippen LogP contribution in [0.25, 0.3) is 0 Å². The van der Waals surface area contributed by atoms with Gasteiger partial charge in [-0.3, -0.25) is 4.99 Å². The fourth-order valence-electron chi connectivity index (χ4n) is 2.32. The Morgan fingerprint density at radius 2 is 2.00 bits per heavy atom. The van der Waals surface area contributed by atoms with E-state index in [9.17, 15) is 5.11 Å². The van der Waals surface area contributed by atoms with Crippen LogP contribution in [0, 0.1) is 5.92 Å². The molecule has 2 nitrogen and oxygen atoms in total. The maximum atomic E-state index is 9.23. The first-order valence-corrected chi connectivity index (χ1v) is 5.37. The van der Waals surface area contributed by atoms with Gasteiger partial charge in [-0.2, -0.15) is 0 Å². The molecule has 0 saturated heterocycles. The van der Waals surface area contributed by atoms with E-state index in [1.807, 2.05) is 25.1 Å². The normalized spacial score (nSPS) is 19.6. The number of benzene rings is 1. The van der Waals surface area contributed by atoms with Crippen LogP contribution in [-0.2, 0) is 5.41 Å². The molecule has 0 aromatic heterocycles. The summed E-state index contributed by atoms with van der Waals surface area (Å²) in [7, 11) is 0. The Labute approximate surface area is 90.7 Å². The van der Waals surface area contributed by atoms with Crippen LogP contribution < -0.4 is 0 Å². The zero-order valence-corrected chi connectivity index (χ0v) is 9.49. The average molecular weight is 203 g/mol. The molecule has 0 saturated carbocycles. The summed E-state index contributed by atoms with van der Waals surface area (Å²) in [5.74, 6) is 0.132. The second-order valence-electron chi connectivity index (χ2n) is 4.72. The Kier molecular flexibility index (Phi) is 2.39. The van der Waals surface area contributed by atoms with E-state index in [0.29, 0.717) is 0 Å². The number of nitrogens with zero attached hydrogens (tertiary/aromatic N) is 1. The van der Waals surface area contributed by atoms with Crippen LogP contribution in [0.3, 0.4) is 0 Å². The number of para-hydroxylation sites is 1. The van der Waals surface area contributed by atoms with Crippen molar-refractivity contribution in [1.29, 1.82) is 0 Å². The molecule has 1 heterocycles. The van der Waals surface area contributed by atoms with E-state index in [0.717, 1.165) is 11.4 Å². The van der Waals surface area contributed by atoms with Crippen molar-refractivity contribution >= 4 is 11.4 Å². The predicted octanol–water partition coefficient (Wildman–Crippen LogP) is 2.68. The van der Waals surface area contributed by atoms with Gasteiger partial charge >= 0.3 is 0 Å². The maximum absolute atomic E-state index is 9.23. The third-order valence-electron chi connectivity index (χ3n) is 3.20. The van der Waals surface area contributed by atoms with Crippen LogP contribution >= 0.6 is 0 Å². The van der Waals surface area contributed by atoms with Crippen molar-refractivity contribution in [2.45, 2.75) is 26.2 Å². The number of aliphatic hydroxyl groups excluding tert-OH is 1. The first-order chi connectivity index (χ1) is 7.07. The van der Waals surface area contributed by atoms with Crippen molar-refractivity contribution in [3.63, 3.8) is 0 Å². The molecular weight excluding hydrogens is 186 g/mol. The monoisotopic (exact) mass is 203 g/mol. The molecule has 1 aliphatic heterocycles. The van der Waals surface area contributed by atoms with Crippen molar-refractivity contribution in [1.82, 2.24) is 0 Å². The number of aliphatic imine (C=N–C) groups is 1. The van der Waals surface area contributed by atoms with Gasteiger partial charge in [-0.05, 0) is 11.6 Å². The standard InChI is InChI=1S/C13H17NO/c1-9(8-15)12-13(2,3)10-6-4-5-7-11(10)14-12/h4-7,9,15H,8H2,1-3H3. The lowest BCUT2D eigenvalue weighted by molar-refractivity contribution is 0.266. The summed E-state index contributed by atoms with van der Waals surface area (Å²) in [5.41, 5.74) is 3.36. The minimum atomic E-state index is -0.0429. The van der Waals surface area contributed by atoms with Gasteiger partial charge < -0.3 is 5.11 Å². The Morgan fingerprint density at radius 1 is 1.33 bits per heavy atom. The number of fused-ring (bicyclic) bond motifs is 1. The lowest BCUT2D eigenvalue weighted by atomic mass is 9.77. The number of aliphatic hydroxyl groups is 1. The molecule has 0 spiro atoms. The van der Waals surface area contributed by atoms with Crippen LogP contribution in [0.5, 0.6) is 0 Å². The van der Waals surface area contributed by atoms with Crippen LogP contribution in [-0.4, -0.2) is 17.4 Å². The summed E-state index contributed by atoms with van der Waals surface area (Å²) in [6, 6.07) is 8.21. The maximum Gasteiger partial charge on any atom is 0.0670 e. The highest BCUT2D eigenvalue weighted by Gasteiger charge is 2.36. The highest BCUT2D eigenvalue weighted by molar-refractivity contribution is 6.02. The van der Waals surface area contributed by atoms with Crippen molar-refractivity contribution in [2.75, 3.05) is 6.61 Å². The van der Waals surface area contributed by atoms with Crippen molar-refractivity contribution in [3.05, 3.63) is 29.8 Å². The number of rotatable bonds is 2. The number of hydrogen-bond acceptors (Lipinski definition) is 2. The van der Waals surface area contributed by atoms with Gasteiger partial charge in [0.25, 0.3) is 0 Å². The van der Waals surface area contributed by atoms with Gasteiger partial charge in [0.05, 0.1) is 12.3 Å². The van der Waals surface area contributed by atoms with E-state index in [1.165, 1.54) is 5.56 Å². The van der Waals surface area contributed by atoms with E-state index < -0.39 is 0 Å². The van der Waals surface area contributed by atoms with Crippen molar-refractivity contribution in [3.8, 4) is 0 Å². The summed E-state index contributed by atoms with van der Waals surface area (Å²) in [5, 5.41) is 9.23. The largest absolute Gasteiger partial charge is 0.396 e. The highest BCUT2D eigenvalue weighted by atomic mass is 16.3. The minimum Gasteiger partial charge on any atom is -0.396 e. The SMILES string of the molecule is CC(CO)C1=Nc2ccccc2C1(C)C. The van der Waals surface area contributed by atoms with E-state index in [2.05, 4.69) is 24.9 Å². The summed E-state index contributed by atoms with van der Waals surface area (Å²) >= 11 is 0. The van der Waals surface area contributed by atoms with Gasteiger partial charge in [0.2, 0.25) is 0 Å². The van der Waals surface area contributed by atoms with Gasteiger partial charge in [-0.1, -0.05) is 39.0 Å². The van der Waals surface area contributed by atoms with Crippen molar-refractivity contribution in [2.24, 2.45) is 10.9 Å². The topological polar surface area (TPSA) is 32.6 Å². The van der Waals surface area contributed by atoms with Gasteiger partial charge in [0.15, 0.2) is 0 Å². The van der Waals surface area contributed by atoms with Gasteiger partial charge in [-0.15, -0.1) is 0 Å². The molecule has 2 heteroatoms. The lowest BCUT2D eigenvalue weighted by Crippen LogP contribution is -2.32. The molecule has 2 rings (SSSR count). The highest BCUT2D eigenvalue weighted by Crippen LogP contribution is 2.41. The average Bonchev–Trinajstić information content (AvgIpc) is 2.51. The fraction of sp³-hybridized carbons (Fsp3) is 0.462. The molecule has 1 aromatic carbocycles. The molecule has 1 N–H and O–H groups in total. The fourth-order valence-corrected chi connectivity index (χ4v) is 2.32. The Morgan fingerprint density at radius 3 is 2.60 bits per heavy atom. The molecule has 80 valence electrons. The van der Waals surface area contributed by atoms with E-state index in [4.69, 9.17) is 0 Å². The van der Waals surface area contributed by atoms with Crippen LogP contribution in [0.15, 0.2) is 29.3 Å². The zero-order chi connectivity index (χ0) is 11.1. The third kappa shape index (κ3) is 1.49. The molecule has 0 amide bonds. The van der Waals surface area contributed by atoms with Gasteiger partial charge in [0, 0.05) is 17.0 Å². The molecule has 1 unspecified atom stereocenters. The van der Waals surface area contributed by atoms with Crippen LogP contribution in [0.1, 0.15) is 26.3 Å². The Hall–Kier alpha value is -1.15. The molecule has 0 aliphatic carbocycles. The first-order valence-electron chi connectivity index (χ1n) is 5.37. The minimum absolute atomic E-state index is 0.0429. The summed E-state index contributed by atoms with van der Waals surface area (Å²) in [4.78, 5) is 4.63. The van der Waals surface area contributed by atoms with E-state index >= 15 is 0 Å². The van der Waals surface area contributed by atoms with Crippen LogP contribution in [0.4, 0.5) is 5.69 Å². The third-order valence-corrected chi connectivity index (χ3v) is 3.20. The first kappa shape index (κ1) is 10.4. The summed E-state index contributed by atoms with van der Waals surface area (Å²) < 4.78 is 0. The zero-order valence-electron chi connectivity index (χ0n) is 9.49. The molecule has 15 heavy (non-hydrogen) atoms. The molecule has 1 aromatic rings. The summed E-state index contributed by atoms with van der Waals surface area (Å²) in [6.07, 6.45) is 0. The molecule has 0 fully saturated rings. The van der Waals surface area contributed by atoms with Gasteiger partial charge in [-0.25, -0.2) is 0 Å². The van der Waals surface area contributed by atoms with E-state index in [-0.39, 0.29) is 17.9 Å². The number of hydrogen-bond donors (Lipinski definition) is 1. The second-order valence-corrected chi connectivity index (χ2v) is 4.72. The van der Waals surface area contributed by atoms with E-state index in [1.54, 1.807) is 0 Å². The Balaban J connectivity index is 2.49. The smallest absolute Gasteiger partial charge is 0.0670 e. The van der Waals surface area contributed by atoms with Crippen molar-refractivity contribution < 1.29 is 5.11 Å². The Bertz CT molecular complexity index is 407. The predicted molar refractivity (Wildman–Crippen MR) is 62.8 cm³/mol.